The van der Waals surface area contributed by atoms with E-state index in [-0.39, 0.29) is 24.4 Å². The zero-order valence-electron chi connectivity index (χ0n) is 15.2. The molecule has 1 amide bonds. The van der Waals surface area contributed by atoms with Gasteiger partial charge in [-0.3, -0.25) is 4.79 Å². The molecular weight excluding hydrogens is 348 g/mol. The van der Waals surface area contributed by atoms with Gasteiger partial charge in [0.2, 0.25) is 5.91 Å². The van der Waals surface area contributed by atoms with E-state index in [9.17, 15) is 4.79 Å². The molecule has 1 saturated heterocycles. The summed E-state index contributed by atoms with van der Waals surface area (Å²) in [5, 5.41) is 0. The summed E-state index contributed by atoms with van der Waals surface area (Å²) in [7, 11) is 1.70. The Kier molecular flexibility index (Phi) is 7.34. The Morgan fingerprint density at radius 3 is 2.58 bits per heavy atom. The molecule has 5 heteroatoms. The van der Waals surface area contributed by atoms with Crippen molar-refractivity contribution >= 4 is 24.0 Å². The Morgan fingerprint density at radius 1 is 1.15 bits per heavy atom. The van der Waals surface area contributed by atoms with Crippen LogP contribution in [0.2, 0.25) is 0 Å². The van der Waals surface area contributed by atoms with Crippen LogP contribution in [0.15, 0.2) is 48.5 Å². The number of carbonyl (C=O) groups excluding carboxylic acids is 1. The number of nitrogens with zero attached hydrogens (tertiary/aromatic N) is 1. The van der Waals surface area contributed by atoms with Crippen molar-refractivity contribution in [2.45, 2.75) is 38.1 Å². The van der Waals surface area contributed by atoms with E-state index in [1.54, 1.807) is 7.11 Å². The summed E-state index contributed by atoms with van der Waals surface area (Å²) in [6, 6.07) is 16.1. The first kappa shape index (κ1) is 20.1. The van der Waals surface area contributed by atoms with Gasteiger partial charge < -0.3 is 15.4 Å². The van der Waals surface area contributed by atoms with Crippen LogP contribution >= 0.6 is 12.4 Å². The van der Waals surface area contributed by atoms with Crippen LogP contribution in [-0.2, 0) is 17.6 Å². The highest BCUT2D eigenvalue weighted by molar-refractivity contribution is 5.85. The second-order valence-corrected chi connectivity index (χ2v) is 6.60. The molecule has 140 valence electrons. The van der Waals surface area contributed by atoms with E-state index in [1.165, 1.54) is 5.56 Å². The summed E-state index contributed by atoms with van der Waals surface area (Å²) >= 11 is 0. The molecule has 0 bridgehead atoms. The first-order valence-corrected chi connectivity index (χ1v) is 8.94. The van der Waals surface area contributed by atoms with E-state index >= 15 is 0 Å². The summed E-state index contributed by atoms with van der Waals surface area (Å²) in [5.41, 5.74) is 8.97. The number of hydrogen-bond donors (Lipinski definition) is 1. The number of anilines is 1. The van der Waals surface area contributed by atoms with Gasteiger partial charge in [0.1, 0.15) is 5.75 Å². The molecule has 1 aliphatic rings. The summed E-state index contributed by atoms with van der Waals surface area (Å²) in [5.74, 6) is 1.12. The number of likely N-dealkylation sites (tertiary alicyclic amines) is 1. The molecule has 2 aromatic rings. The SMILES string of the molecule is COc1ccccc1CC1CCCN1C(=O)CCc1ccccc1N.Cl. The Balaban J connectivity index is 0.00000243. The average molecular weight is 375 g/mol. The number of ether oxygens (including phenoxy) is 1. The van der Waals surface area contributed by atoms with Crippen LogP contribution in [0.5, 0.6) is 5.75 Å². The number of methoxy groups -OCH3 is 1. The van der Waals surface area contributed by atoms with Gasteiger partial charge in [0.05, 0.1) is 7.11 Å². The molecule has 1 unspecified atom stereocenters. The van der Waals surface area contributed by atoms with Gasteiger partial charge in [-0.1, -0.05) is 36.4 Å². The van der Waals surface area contributed by atoms with E-state index in [2.05, 4.69) is 6.07 Å². The normalized spacial score (nSPS) is 16.2. The van der Waals surface area contributed by atoms with Crippen molar-refractivity contribution in [2.24, 2.45) is 0 Å². The van der Waals surface area contributed by atoms with Crippen LogP contribution in [0.3, 0.4) is 0 Å². The van der Waals surface area contributed by atoms with Crippen molar-refractivity contribution in [1.29, 1.82) is 0 Å². The Morgan fingerprint density at radius 2 is 1.85 bits per heavy atom. The molecule has 4 nitrogen and oxygen atoms in total. The largest absolute Gasteiger partial charge is 0.496 e. The third-order valence-corrected chi connectivity index (χ3v) is 5.01. The van der Waals surface area contributed by atoms with Gasteiger partial charge in [-0.2, -0.15) is 0 Å². The van der Waals surface area contributed by atoms with Crippen molar-refractivity contribution < 1.29 is 9.53 Å². The average Bonchev–Trinajstić information content (AvgIpc) is 3.09. The van der Waals surface area contributed by atoms with E-state index < -0.39 is 0 Å². The smallest absolute Gasteiger partial charge is 0.223 e. The molecular formula is C21H27ClN2O2. The van der Waals surface area contributed by atoms with Crippen LogP contribution in [-0.4, -0.2) is 30.5 Å². The molecule has 1 atom stereocenters. The minimum Gasteiger partial charge on any atom is -0.496 e. The van der Waals surface area contributed by atoms with Gasteiger partial charge in [-0.05, 0) is 48.9 Å². The fourth-order valence-corrected chi connectivity index (χ4v) is 3.65. The lowest BCUT2D eigenvalue weighted by molar-refractivity contribution is -0.131. The number of amides is 1. The van der Waals surface area contributed by atoms with Crippen LogP contribution in [0, 0.1) is 0 Å². The molecule has 0 aromatic heterocycles. The van der Waals surface area contributed by atoms with Crippen molar-refractivity contribution in [3.63, 3.8) is 0 Å². The number of aryl methyl sites for hydroxylation is 1. The lowest BCUT2D eigenvalue weighted by atomic mass is 10.0. The van der Waals surface area contributed by atoms with E-state index in [0.717, 1.165) is 42.8 Å². The van der Waals surface area contributed by atoms with Crippen molar-refractivity contribution in [3.05, 3.63) is 59.7 Å². The predicted octanol–water partition coefficient (Wildman–Crippen LogP) is 3.87. The molecule has 2 N–H and O–H groups in total. The topological polar surface area (TPSA) is 55.6 Å². The number of nitrogens with two attached hydrogens (primary N) is 1. The van der Waals surface area contributed by atoms with Gasteiger partial charge in [-0.15, -0.1) is 12.4 Å². The van der Waals surface area contributed by atoms with Crippen molar-refractivity contribution in [2.75, 3.05) is 19.4 Å². The summed E-state index contributed by atoms with van der Waals surface area (Å²) < 4.78 is 5.45. The fraction of sp³-hybridized carbons (Fsp3) is 0.381. The zero-order valence-corrected chi connectivity index (χ0v) is 16.0. The maximum absolute atomic E-state index is 12.7. The quantitative estimate of drug-likeness (QED) is 0.781. The van der Waals surface area contributed by atoms with Gasteiger partial charge in [-0.25, -0.2) is 0 Å². The van der Waals surface area contributed by atoms with Crippen LogP contribution in [0.4, 0.5) is 5.69 Å². The molecule has 1 heterocycles. The van der Waals surface area contributed by atoms with Crippen LogP contribution in [0.1, 0.15) is 30.4 Å². The molecule has 1 aliphatic heterocycles. The Bertz CT molecular complexity index is 735. The van der Waals surface area contributed by atoms with Crippen molar-refractivity contribution in [1.82, 2.24) is 4.90 Å². The highest BCUT2D eigenvalue weighted by atomic mass is 35.5. The zero-order chi connectivity index (χ0) is 17.6. The van der Waals surface area contributed by atoms with Gasteiger partial charge in [0.15, 0.2) is 0 Å². The molecule has 2 aromatic carbocycles. The summed E-state index contributed by atoms with van der Waals surface area (Å²) in [4.78, 5) is 14.8. The van der Waals surface area contributed by atoms with Crippen LogP contribution < -0.4 is 10.5 Å². The monoisotopic (exact) mass is 374 g/mol. The van der Waals surface area contributed by atoms with E-state index in [1.807, 2.05) is 47.4 Å². The van der Waals surface area contributed by atoms with Gasteiger partial charge >= 0.3 is 0 Å². The van der Waals surface area contributed by atoms with E-state index in [4.69, 9.17) is 10.5 Å². The molecule has 0 saturated carbocycles. The number of para-hydroxylation sites is 2. The van der Waals surface area contributed by atoms with Crippen LogP contribution in [0.25, 0.3) is 0 Å². The number of carbonyl (C=O) groups is 1. The maximum Gasteiger partial charge on any atom is 0.223 e. The number of benzene rings is 2. The molecule has 0 spiro atoms. The third-order valence-electron chi connectivity index (χ3n) is 5.01. The molecule has 1 fully saturated rings. The number of rotatable bonds is 6. The van der Waals surface area contributed by atoms with Crippen molar-refractivity contribution in [3.8, 4) is 5.75 Å². The predicted molar refractivity (Wildman–Crippen MR) is 108 cm³/mol. The Hall–Kier alpha value is -2.20. The molecule has 3 rings (SSSR count). The molecule has 26 heavy (non-hydrogen) atoms. The highest BCUT2D eigenvalue weighted by Crippen LogP contribution is 2.27. The first-order chi connectivity index (χ1) is 12.2. The molecule has 0 radical (unpaired) electrons. The lowest BCUT2D eigenvalue weighted by Gasteiger charge is -2.25. The third kappa shape index (κ3) is 4.70. The molecule has 0 aliphatic carbocycles. The first-order valence-electron chi connectivity index (χ1n) is 8.94. The number of nitrogen functional groups attached to an aromatic ring is 1. The maximum atomic E-state index is 12.7. The highest BCUT2D eigenvalue weighted by Gasteiger charge is 2.29. The summed E-state index contributed by atoms with van der Waals surface area (Å²) in [6.45, 7) is 0.850. The minimum absolute atomic E-state index is 0. The van der Waals surface area contributed by atoms with E-state index in [0.29, 0.717) is 12.8 Å². The second-order valence-electron chi connectivity index (χ2n) is 6.60. The lowest BCUT2D eigenvalue weighted by Crippen LogP contribution is -2.37. The number of hydrogen-bond acceptors (Lipinski definition) is 3. The number of halogens is 1. The van der Waals surface area contributed by atoms with Gasteiger partial charge in [0.25, 0.3) is 0 Å². The standard InChI is InChI=1S/C21H26N2O2.ClH/c1-25-20-11-5-3-8-17(20)15-18-9-6-14-23(18)21(24)13-12-16-7-2-4-10-19(16)22;/h2-5,7-8,10-11,18H,6,9,12-15,22H2,1H3;1H. The minimum atomic E-state index is 0. The van der Waals surface area contributed by atoms with Gasteiger partial charge in [0, 0.05) is 24.7 Å². The Labute approximate surface area is 161 Å². The fourth-order valence-electron chi connectivity index (χ4n) is 3.65. The summed E-state index contributed by atoms with van der Waals surface area (Å²) in [6.07, 6.45) is 4.18. The second kappa shape index (κ2) is 9.48.